The number of para-hydroxylation sites is 2. The first-order chi connectivity index (χ1) is 9.22. The number of aryl methyl sites for hydroxylation is 1. The number of nitrogens with zero attached hydrogens (tertiary/aromatic N) is 1. The molecule has 0 radical (unpaired) electrons. The van der Waals surface area contributed by atoms with Crippen molar-refractivity contribution in [3.05, 3.63) is 53.9 Å². The molecule has 0 saturated carbocycles. The zero-order chi connectivity index (χ0) is 13.7. The van der Waals surface area contributed by atoms with E-state index in [9.17, 15) is 4.79 Å². The van der Waals surface area contributed by atoms with E-state index in [1.807, 2.05) is 38.1 Å². The van der Waals surface area contributed by atoms with Crippen LogP contribution >= 0.6 is 0 Å². The molecule has 4 heteroatoms. The van der Waals surface area contributed by atoms with Crippen molar-refractivity contribution in [1.29, 1.82) is 0 Å². The minimum absolute atomic E-state index is 0.183. The summed E-state index contributed by atoms with van der Waals surface area (Å²) in [6.07, 6.45) is 1.67. The fraction of sp³-hybridized carbons (Fsp3) is 0.200. The van der Waals surface area contributed by atoms with E-state index in [0.717, 1.165) is 0 Å². The standard InChI is InChI=1S/C15H16N2O2/c1-3-19-14-9-5-4-8-13(14)17-15(18)12-7-6-10-16-11(12)2/h4-10H,3H2,1-2H3,(H,17,18). The minimum Gasteiger partial charge on any atom is -0.492 e. The van der Waals surface area contributed by atoms with E-state index in [2.05, 4.69) is 10.3 Å². The lowest BCUT2D eigenvalue weighted by molar-refractivity contribution is 0.102. The van der Waals surface area contributed by atoms with Crippen molar-refractivity contribution in [2.24, 2.45) is 0 Å². The van der Waals surface area contributed by atoms with Gasteiger partial charge in [0.15, 0.2) is 0 Å². The first-order valence-corrected chi connectivity index (χ1v) is 6.17. The molecule has 0 aliphatic rings. The van der Waals surface area contributed by atoms with Crippen molar-refractivity contribution < 1.29 is 9.53 Å². The normalized spacial score (nSPS) is 10.0. The van der Waals surface area contributed by atoms with Gasteiger partial charge in [-0.2, -0.15) is 0 Å². The van der Waals surface area contributed by atoms with Gasteiger partial charge in [-0.1, -0.05) is 12.1 Å². The Kier molecular flexibility index (Phi) is 4.13. The van der Waals surface area contributed by atoms with E-state index in [1.54, 1.807) is 18.3 Å². The predicted octanol–water partition coefficient (Wildman–Crippen LogP) is 3.04. The lowest BCUT2D eigenvalue weighted by Gasteiger charge is -2.11. The predicted molar refractivity (Wildman–Crippen MR) is 74.5 cm³/mol. The molecule has 2 aromatic rings. The van der Waals surface area contributed by atoms with Gasteiger partial charge in [0.1, 0.15) is 5.75 Å². The quantitative estimate of drug-likeness (QED) is 0.914. The molecule has 1 amide bonds. The van der Waals surface area contributed by atoms with E-state index in [1.165, 1.54) is 0 Å². The summed E-state index contributed by atoms with van der Waals surface area (Å²) < 4.78 is 5.47. The van der Waals surface area contributed by atoms with Crippen molar-refractivity contribution in [2.45, 2.75) is 13.8 Å². The van der Waals surface area contributed by atoms with Gasteiger partial charge in [0, 0.05) is 11.9 Å². The van der Waals surface area contributed by atoms with Crippen molar-refractivity contribution in [2.75, 3.05) is 11.9 Å². The molecule has 0 atom stereocenters. The van der Waals surface area contributed by atoms with E-state index in [-0.39, 0.29) is 5.91 Å². The van der Waals surface area contributed by atoms with Crippen molar-refractivity contribution in [3.8, 4) is 5.75 Å². The zero-order valence-electron chi connectivity index (χ0n) is 11.0. The molecule has 1 N–H and O–H groups in total. The maximum Gasteiger partial charge on any atom is 0.257 e. The Morgan fingerprint density at radius 3 is 2.79 bits per heavy atom. The highest BCUT2D eigenvalue weighted by molar-refractivity contribution is 6.05. The number of amides is 1. The summed E-state index contributed by atoms with van der Waals surface area (Å²) in [6, 6.07) is 10.9. The third-order valence-corrected chi connectivity index (χ3v) is 2.69. The highest BCUT2D eigenvalue weighted by atomic mass is 16.5. The number of ether oxygens (including phenoxy) is 1. The summed E-state index contributed by atoms with van der Waals surface area (Å²) in [4.78, 5) is 16.3. The smallest absolute Gasteiger partial charge is 0.257 e. The fourth-order valence-corrected chi connectivity index (χ4v) is 1.77. The minimum atomic E-state index is -0.183. The van der Waals surface area contributed by atoms with Crippen molar-refractivity contribution >= 4 is 11.6 Å². The van der Waals surface area contributed by atoms with E-state index in [4.69, 9.17) is 4.74 Å². The van der Waals surface area contributed by atoms with Crippen LogP contribution < -0.4 is 10.1 Å². The largest absolute Gasteiger partial charge is 0.492 e. The molecule has 4 nitrogen and oxygen atoms in total. The number of anilines is 1. The van der Waals surface area contributed by atoms with Gasteiger partial charge in [-0.15, -0.1) is 0 Å². The number of nitrogens with one attached hydrogen (secondary N) is 1. The number of rotatable bonds is 4. The average molecular weight is 256 g/mol. The van der Waals surface area contributed by atoms with Crippen LogP contribution in [0, 0.1) is 6.92 Å². The fourth-order valence-electron chi connectivity index (χ4n) is 1.77. The van der Waals surface area contributed by atoms with Crippen LogP contribution in [-0.4, -0.2) is 17.5 Å². The summed E-state index contributed by atoms with van der Waals surface area (Å²) in [6.45, 7) is 4.27. The van der Waals surface area contributed by atoms with E-state index in [0.29, 0.717) is 29.3 Å². The van der Waals surface area contributed by atoms with Gasteiger partial charge >= 0.3 is 0 Å². The molecule has 0 spiro atoms. The van der Waals surface area contributed by atoms with Gasteiger partial charge < -0.3 is 10.1 Å². The molecule has 98 valence electrons. The lowest BCUT2D eigenvalue weighted by Crippen LogP contribution is -2.14. The molecule has 2 rings (SSSR count). The van der Waals surface area contributed by atoms with Crippen molar-refractivity contribution in [1.82, 2.24) is 4.98 Å². The SMILES string of the molecule is CCOc1ccccc1NC(=O)c1cccnc1C. The maximum atomic E-state index is 12.2. The molecule has 1 aromatic carbocycles. The average Bonchev–Trinajstić information content (AvgIpc) is 2.41. The highest BCUT2D eigenvalue weighted by Crippen LogP contribution is 2.24. The number of aromatic nitrogens is 1. The highest BCUT2D eigenvalue weighted by Gasteiger charge is 2.11. The molecule has 0 unspecified atom stereocenters. The Hall–Kier alpha value is -2.36. The van der Waals surface area contributed by atoms with Gasteiger partial charge in [-0.25, -0.2) is 0 Å². The zero-order valence-corrected chi connectivity index (χ0v) is 11.0. The summed E-state index contributed by atoms with van der Waals surface area (Å²) in [5.41, 5.74) is 1.93. The van der Waals surface area contributed by atoms with Crippen LogP contribution in [0.1, 0.15) is 23.0 Å². The Morgan fingerprint density at radius 1 is 1.26 bits per heavy atom. The van der Waals surface area contributed by atoms with Crippen LogP contribution in [0.4, 0.5) is 5.69 Å². The summed E-state index contributed by atoms with van der Waals surface area (Å²) in [5, 5.41) is 2.85. The first kappa shape index (κ1) is 13.1. The molecular formula is C15H16N2O2. The molecule has 19 heavy (non-hydrogen) atoms. The van der Waals surface area contributed by atoms with E-state index >= 15 is 0 Å². The van der Waals surface area contributed by atoms with Gasteiger partial charge in [0.2, 0.25) is 0 Å². The van der Waals surface area contributed by atoms with Crippen LogP contribution in [0.15, 0.2) is 42.6 Å². The third kappa shape index (κ3) is 3.10. The van der Waals surface area contributed by atoms with Gasteiger partial charge in [-0.3, -0.25) is 9.78 Å². The molecule has 0 aliphatic heterocycles. The Balaban J connectivity index is 2.22. The second kappa shape index (κ2) is 6.00. The number of carbonyl (C=O) groups is 1. The Morgan fingerprint density at radius 2 is 2.05 bits per heavy atom. The number of hydrogen-bond donors (Lipinski definition) is 1. The van der Waals surface area contributed by atoms with Crippen molar-refractivity contribution in [3.63, 3.8) is 0 Å². The number of benzene rings is 1. The van der Waals surface area contributed by atoms with Gasteiger partial charge in [-0.05, 0) is 38.1 Å². The second-order valence-electron chi connectivity index (χ2n) is 4.02. The molecule has 1 aromatic heterocycles. The molecular weight excluding hydrogens is 240 g/mol. The van der Waals surface area contributed by atoms with Gasteiger partial charge in [0.05, 0.1) is 17.9 Å². The summed E-state index contributed by atoms with van der Waals surface area (Å²) in [5.74, 6) is 0.484. The van der Waals surface area contributed by atoms with Crippen LogP contribution in [0.2, 0.25) is 0 Å². The third-order valence-electron chi connectivity index (χ3n) is 2.69. The topological polar surface area (TPSA) is 51.2 Å². The number of pyridine rings is 1. The monoisotopic (exact) mass is 256 g/mol. The molecule has 0 aliphatic carbocycles. The van der Waals surface area contributed by atoms with Crippen LogP contribution in [0.5, 0.6) is 5.75 Å². The molecule has 0 saturated heterocycles. The van der Waals surface area contributed by atoms with Crippen LogP contribution in [0.3, 0.4) is 0 Å². The number of hydrogen-bond acceptors (Lipinski definition) is 3. The molecule has 0 bridgehead atoms. The molecule has 1 heterocycles. The van der Waals surface area contributed by atoms with Gasteiger partial charge in [0.25, 0.3) is 5.91 Å². The second-order valence-corrected chi connectivity index (χ2v) is 4.02. The first-order valence-electron chi connectivity index (χ1n) is 6.17. The van der Waals surface area contributed by atoms with Crippen LogP contribution in [-0.2, 0) is 0 Å². The number of carbonyl (C=O) groups excluding carboxylic acids is 1. The molecule has 0 fully saturated rings. The lowest BCUT2D eigenvalue weighted by atomic mass is 10.2. The Bertz CT molecular complexity index is 582. The summed E-state index contributed by atoms with van der Waals surface area (Å²) in [7, 11) is 0. The Labute approximate surface area is 112 Å². The maximum absolute atomic E-state index is 12.2. The van der Waals surface area contributed by atoms with Crippen LogP contribution in [0.25, 0.3) is 0 Å². The van der Waals surface area contributed by atoms with E-state index < -0.39 is 0 Å². The summed E-state index contributed by atoms with van der Waals surface area (Å²) >= 11 is 0.